The summed E-state index contributed by atoms with van der Waals surface area (Å²) in [6.07, 6.45) is 0.157. The zero-order valence-corrected chi connectivity index (χ0v) is 8.94. The highest BCUT2D eigenvalue weighted by Gasteiger charge is 2.15. The van der Waals surface area contributed by atoms with Crippen LogP contribution in [0.15, 0.2) is 24.3 Å². The second-order valence-electron chi connectivity index (χ2n) is 3.79. The number of rotatable bonds is 5. The Morgan fingerprint density at radius 2 is 1.88 bits per heavy atom. The molecule has 1 rings (SSSR count). The average Bonchev–Trinajstić information content (AvgIpc) is 2.21. The molecule has 0 bridgehead atoms. The summed E-state index contributed by atoms with van der Waals surface area (Å²) < 4.78 is 12.6. The quantitative estimate of drug-likeness (QED) is 0.832. The Bertz CT molecular complexity index is 384. The summed E-state index contributed by atoms with van der Waals surface area (Å²) >= 11 is 0. The first-order chi connectivity index (χ1) is 7.49. The van der Waals surface area contributed by atoms with E-state index < -0.39 is 11.9 Å². The highest BCUT2D eigenvalue weighted by Crippen LogP contribution is 2.08. The summed E-state index contributed by atoms with van der Waals surface area (Å²) in [6, 6.07) is 5.61. The number of carbonyl (C=O) groups is 2. The number of hydrogen-bond donors (Lipinski definition) is 1. The maximum atomic E-state index is 12.6. The minimum atomic E-state index is -0.979. The molecule has 3 nitrogen and oxygen atoms in total. The van der Waals surface area contributed by atoms with Gasteiger partial charge in [0.1, 0.15) is 11.6 Å². The van der Waals surface area contributed by atoms with Crippen LogP contribution in [0.4, 0.5) is 4.39 Å². The van der Waals surface area contributed by atoms with Crippen molar-refractivity contribution in [3.05, 3.63) is 35.6 Å². The third kappa shape index (κ3) is 3.81. The van der Waals surface area contributed by atoms with Crippen LogP contribution in [0.5, 0.6) is 0 Å². The molecule has 1 atom stereocenters. The van der Waals surface area contributed by atoms with E-state index in [0.717, 1.165) is 0 Å². The molecular weight excluding hydrogens is 211 g/mol. The Labute approximate surface area is 92.9 Å². The lowest BCUT2D eigenvalue weighted by Crippen LogP contribution is -2.15. The maximum absolute atomic E-state index is 12.6. The van der Waals surface area contributed by atoms with Gasteiger partial charge in [-0.2, -0.15) is 0 Å². The predicted molar refractivity (Wildman–Crippen MR) is 56.5 cm³/mol. The number of carboxylic acids is 1. The van der Waals surface area contributed by atoms with Crippen LogP contribution in [0.1, 0.15) is 18.9 Å². The van der Waals surface area contributed by atoms with Crippen LogP contribution in [0.2, 0.25) is 0 Å². The van der Waals surface area contributed by atoms with Gasteiger partial charge in [0.05, 0.1) is 5.92 Å². The molecule has 0 radical (unpaired) electrons. The topological polar surface area (TPSA) is 54.4 Å². The molecule has 1 N–H and O–H groups in total. The average molecular weight is 224 g/mol. The third-order valence-corrected chi connectivity index (χ3v) is 2.27. The Hall–Kier alpha value is -1.71. The minimum Gasteiger partial charge on any atom is -0.481 e. The van der Waals surface area contributed by atoms with Crippen molar-refractivity contribution in [2.24, 2.45) is 5.92 Å². The Morgan fingerprint density at radius 3 is 2.38 bits per heavy atom. The van der Waals surface area contributed by atoms with E-state index in [-0.39, 0.29) is 24.4 Å². The van der Waals surface area contributed by atoms with Crippen molar-refractivity contribution in [1.29, 1.82) is 0 Å². The van der Waals surface area contributed by atoms with E-state index in [0.29, 0.717) is 5.56 Å². The molecule has 1 aromatic carbocycles. The number of carbonyl (C=O) groups excluding carboxylic acids is 1. The van der Waals surface area contributed by atoms with Crippen LogP contribution in [-0.2, 0) is 16.0 Å². The zero-order valence-electron chi connectivity index (χ0n) is 8.94. The predicted octanol–water partition coefficient (Wildman–Crippen LogP) is 2.05. The van der Waals surface area contributed by atoms with E-state index in [9.17, 15) is 14.0 Å². The number of Topliss-reactive ketones (excluding diaryl/α,β-unsaturated/α-hetero) is 1. The molecule has 0 aliphatic carbocycles. The van der Waals surface area contributed by atoms with Crippen molar-refractivity contribution >= 4 is 11.8 Å². The van der Waals surface area contributed by atoms with Crippen LogP contribution in [-0.4, -0.2) is 16.9 Å². The molecule has 0 spiro atoms. The SMILES string of the molecule is CC(CC(=O)Cc1ccc(F)cc1)C(=O)O. The second-order valence-corrected chi connectivity index (χ2v) is 3.79. The van der Waals surface area contributed by atoms with Crippen LogP contribution in [0, 0.1) is 11.7 Å². The van der Waals surface area contributed by atoms with E-state index in [1.54, 1.807) is 0 Å². The molecule has 16 heavy (non-hydrogen) atoms. The number of ketones is 1. The Morgan fingerprint density at radius 1 is 1.31 bits per heavy atom. The molecule has 0 amide bonds. The van der Waals surface area contributed by atoms with Crippen molar-refractivity contribution in [1.82, 2.24) is 0 Å². The third-order valence-electron chi connectivity index (χ3n) is 2.27. The van der Waals surface area contributed by atoms with Gasteiger partial charge < -0.3 is 5.11 Å². The zero-order chi connectivity index (χ0) is 12.1. The van der Waals surface area contributed by atoms with Gasteiger partial charge in [0.25, 0.3) is 0 Å². The van der Waals surface area contributed by atoms with Gasteiger partial charge in [-0.3, -0.25) is 9.59 Å². The highest BCUT2D eigenvalue weighted by atomic mass is 19.1. The van der Waals surface area contributed by atoms with E-state index in [1.165, 1.54) is 31.2 Å². The van der Waals surface area contributed by atoms with Gasteiger partial charge in [-0.15, -0.1) is 0 Å². The van der Waals surface area contributed by atoms with Crippen LogP contribution in [0.3, 0.4) is 0 Å². The van der Waals surface area contributed by atoms with Gasteiger partial charge in [0, 0.05) is 12.8 Å². The molecule has 0 saturated carbocycles. The molecule has 0 saturated heterocycles. The number of hydrogen-bond acceptors (Lipinski definition) is 2. The molecule has 1 unspecified atom stereocenters. The normalized spacial score (nSPS) is 12.1. The van der Waals surface area contributed by atoms with Gasteiger partial charge in [-0.25, -0.2) is 4.39 Å². The Kier molecular flexibility index (Phi) is 4.17. The van der Waals surface area contributed by atoms with Crippen LogP contribution < -0.4 is 0 Å². The molecule has 0 heterocycles. The van der Waals surface area contributed by atoms with E-state index in [1.807, 2.05) is 0 Å². The molecule has 0 aromatic heterocycles. The lowest BCUT2D eigenvalue weighted by atomic mass is 10.00. The summed E-state index contributed by atoms with van der Waals surface area (Å²) in [4.78, 5) is 22.0. The molecule has 0 fully saturated rings. The first-order valence-electron chi connectivity index (χ1n) is 4.98. The van der Waals surface area contributed by atoms with Gasteiger partial charge in [0.2, 0.25) is 0 Å². The monoisotopic (exact) mass is 224 g/mol. The van der Waals surface area contributed by atoms with Crippen molar-refractivity contribution in [2.45, 2.75) is 19.8 Å². The van der Waals surface area contributed by atoms with Crippen molar-refractivity contribution in [2.75, 3.05) is 0 Å². The summed E-state index contributed by atoms with van der Waals surface area (Å²) in [6.45, 7) is 1.49. The lowest BCUT2D eigenvalue weighted by Gasteiger charge is -2.05. The van der Waals surface area contributed by atoms with E-state index >= 15 is 0 Å². The molecule has 0 aliphatic rings. The number of carboxylic acid groups (broad SMARTS) is 1. The fourth-order valence-electron chi connectivity index (χ4n) is 1.33. The second kappa shape index (κ2) is 5.39. The number of aliphatic carboxylic acids is 1. The smallest absolute Gasteiger partial charge is 0.306 e. The van der Waals surface area contributed by atoms with Gasteiger partial charge in [-0.05, 0) is 17.7 Å². The van der Waals surface area contributed by atoms with Crippen molar-refractivity contribution in [3.63, 3.8) is 0 Å². The standard InChI is InChI=1S/C12H13FO3/c1-8(12(15)16)6-11(14)7-9-2-4-10(13)5-3-9/h2-5,8H,6-7H2,1H3,(H,15,16). The fourth-order valence-corrected chi connectivity index (χ4v) is 1.33. The van der Waals surface area contributed by atoms with Crippen molar-refractivity contribution in [3.8, 4) is 0 Å². The summed E-state index contributed by atoms with van der Waals surface area (Å²) in [5.74, 6) is -2.16. The summed E-state index contributed by atoms with van der Waals surface area (Å²) in [5, 5.41) is 8.63. The maximum Gasteiger partial charge on any atom is 0.306 e. The van der Waals surface area contributed by atoms with E-state index in [4.69, 9.17) is 5.11 Å². The lowest BCUT2D eigenvalue weighted by molar-refractivity contribution is -0.143. The fraction of sp³-hybridized carbons (Fsp3) is 0.333. The van der Waals surface area contributed by atoms with Crippen molar-refractivity contribution < 1.29 is 19.1 Å². The molecule has 0 aliphatic heterocycles. The van der Waals surface area contributed by atoms with E-state index in [2.05, 4.69) is 0 Å². The van der Waals surface area contributed by atoms with Gasteiger partial charge >= 0.3 is 5.97 Å². The largest absolute Gasteiger partial charge is 0.481 e. The molecule has 86 valence electrons. The van der Waals surface area contributed by atoms with Gasteiger partial charge in [-0.1, -0.05) is 19.1 Å². The molecule has 4 heteroatoms. The first-order valence-corrected chi connectivity index (χ1v) is 4.98. The molecule has 1 aromatic rings. The summed E-state index contributed by atoms with van der Waals surface area (Å²) in [5.41, 5.74) is 0.698. The summed E-state index contributed by atoms with van der Waals surface area (Å²) in [7, 11) is 0. The minimum absolute atomic E-state index is 0.00666. The number of halogens is 1. The van der Waals surface area contributed by atoms with Crippen LogP contribution in [0.25, 0.3) is 0 Å². The number of benzene rings is 1. The Balaban J connectivity index is 2.52. The van der Waals surface area contributed by atoms with Crippen LogP contribution >= 0.6 is 0 Å². The highest BCUT2D eigenvalue weighted by molar-refractivity contribution is 5.85. The molecular formula is C12H13FO3. The van der Waals surface area contributed by atoms with Gasteiger partial charge in [0.15, 0.2) is 0 Å². The first kappa shape index (κ1) is 12.4.